The number of fused-ring (bicyclic) bond motifs is 3. The van der Waals surface area contributed by atoms with Gasteiger partial charge in [0.25, 0.3) is 0 Å². The van der Waals surface area contributed by atoms with Crippen molar-refractivity contribution in [2.24, 2.45) is 5.41 Å². The molecule has 1 aromatic carbocycles. The van der Waals surface area contributed by atoms with Gasteiger partial charge < -0.3 is 14.4 Å². The summed E-state index contributed by atoms with van der Waals surface area (Å²) in [6.45, 7) is 2.98. The van der Waals surface area contributed by atoms with Crippen molar-refractivity contribution in [3.05, 3.63) is 29.8 Å². The van der Waals surface area contributed by atoms with Gasteiger partial charge in [0.05, 0.1) is 6.61 Å². The van der Waals surface area contributed by atoms with E-state index in [0.717, 1.165) is 5.56 Å². The van der Waals surface area contributed by atoms with Crippen LogP contribution in [0, 0.1) is 5.41 Å². The molecule has 0 N–H and O–H groups in total. The first-order valence-electron chi connectivity index (χ1n) is 6.76. The highest BCUT2D eigenvalue weighted by Gasteiger charge is 2.62. The third-order valence-corrected chi connectivity index (χ3v) is 4.11. The number of carbonyl (C=O) groups is 2. The predicted molar refractivity (Wildman–Crippen MR) is 71.4 cm³/mol. The molecular weight excluding hydrogens is 258 g/mol. The molecule has 5 heteroatoms. The summed E-state index contributed by atoms with van der Waals surface area (Å²) in [5.41, 5.74) is -0.316. The van der Waals surface area contributed by atoms with Crippen molar-refractivity contribution in [1.29, 1.82) is 0 Å². The van der Waals surface area contributed by atoms with Gasteiger partial charge in [0.1, 0.15) is 5.75 Å². The van der Waals surface area contributed by atoms with Crippen LogP contribution in [-0.4, -0.2) is 43.6 Å². The number of carbonyl (C=O) groups excluding carboxylic acids is 2. The molecule has 0 saturated carbocycles. The van der Waals surface area contributed by atoms with Gasteiger partial charge in [0.15, 0.2) is 5.41 Å². The Labute approximate surface area is 117 Å². The molecule has 0 unspecified atom stereocenters. The Balaban J connectivity index is 2.12. The topological polar surface area (TPSA) is 55.8 Å². The SMILES string of the molecule is CCOC(=O)[C@@]12CN(C)C[C@@H]1c1ccccc1OC2=O. The van der Waals surface area contributed by atoms with Crippen LogP contribution in [0.1, 0.15) is 18.4 Å². The number of benzene rings is 1. The van der Waals surface area contributed by atoms with Crippen molar-refractivity contribution < 1.29 is 19.1 Å². The number of esters is 2. The Morgan fingerprint density at radius 1 is 1.50 bits per heavy atom. The summed E-state index contributed by atoms with van der Waals surface area (Å²) in [5.74, 6) is -0.625. The van der Waals surface area contributed by atoms with Crippen LogP contribution in [0.2, 0.25) is 0 Å². The Morgan fingerprint density at radius 2 is 2.25 bits per heavy atom. The molecule has 20 heavy (non-hydrogen) atoms. The van der Waals surface area contributed by atoms with Gasteiger partial charge >= 0.3 is 11.9 Å². The summed E-state index contributed by atoms with van der Waals surface area (Å²) in [6, 6.07) is 7.40. The third-order valence-electron chi connectivity index (χ3n) is 4.11. The first-order chi connectivity index (χ1) is 9.59. The first-order valence-corrected chi connectivity index (χ1v) is 6.76. The zero-order chi connectivity index (χ0) is 14.3. The van der Waals surface area contributed by atoms with Gasteiger partial charge in [0, 0.05) is 24.6 Å². The number of ether oxygens (including phenoxy) is 2. The fourth-order valence-corrected chi connectivity index (χ4v) is 3.24. The van der Waals surface area contributed by atoms with Gasteiger partial charge in [-0.2, -0.15) is 0 Å². The average Bonchev–Trinajstić information content (AvgIpc) is 2.79. The molecule has 106 valence electrons. The average molecular weight is 275 g/mol. The van der Waals surface area contributed by atoms with Crippen molar-refractivity contribution in [2.45, 2.75) is 12.8 Å². The van der Waals surface area contributed by atoms with Crippen LogP contribution in [0.4, 0.5) is 0 Å². The van der Waals surface area contributed by atoms with Crippen LogP contribution in [0.15, 0.2) is 24.3 Å². The number of rotatable bonds is 2. The molecule has 3 rings (SSSR count). The number of hydrogen-bond acceptors (Lipinski definition) is 5. The molecule has 2 aliphatic heterocycles. The van der Waals surface area contributed by atoms with Gasteiger partial charge in [-0.1, -0.05) is 18.2 Å². The van der Waals surface area contributed by atoms with Crippen LogP contribution in [0.3, 0.4) is 0 Å². The minimum Gasteiger partial charge on any atom is -0.465 e. The molecule has 0 aliphatic carbocycles. The predicted octanol–water partition coefficient (Wildman–Crippen LogP) is 1.18. The summed E-state index contributed by atoms with van der Waals surface area (Å²) in [7, 11) is 1.90. The highest BCUT2D eigenvalue weighted by Crippen LogP contribution is 2.50. The fraction of sp³-hybridized carbons (Fsp3) is 0.467. The van der Waals surface area contributed by atoms with E-state index in [4.69, 9.17) is 9.47 Å². The maximum Gasteiger partial charge on any atom is 0.330 e. The molecule has 1 aromatic rings. The van der Waals surface area contributed by atoms with Gasteiger partial charge in [-0.3, -0.25) is 9.59 Å². The molecular formula is C15H17NO4. The second-order valence-electron chi connectivity index (χ2n) is 5.37. The van der Waals surface area contributed by atoms with Crippen LogP contribution < -0.4 is 4.74 Å². The molecule has 0 aromatic heterocycles. The molecule has 1 fully saturated rings. The molecule has 2 heterocycles. The Morgan fingerprint density at radius 3 is 3.00 bits per heavy atom. The van der Waals surface area contributed by atoms with Crippen LogP contribution >= 0.6 is 0 Å². The lowest BCUT2D eigenvalue weighted by Gasteiger charge is -2.34. The van der Waals surface area contributed by atoms with Crippen molar-refractivity contribution in [3.63, 3.8) is 0 Å². The number of nitrogens with zero attached hydrogens (tertiary/aromatic N) is 1. The number of likely N-dealkylation sites (N-methyl/N-ethyl adjacent to an activating group) is 1. The van der Waals surface area contributed by atoms with E-state index in [1.54, 1.807) is 13.0 Å². The monoisotopic (exact) mass is 275 g/mol. The van der Waals surface area contributed by atoms with Crippen molar-refractivity contribution in [2.75, 3.05) is 26.7 Å². The van der Waals surface area contributed by atoms with Gasteiger partial charge in [0.2, 0.25) is 0 Å². The van der Waals surface area contributed by atoms with Crippen molar-refractivity contribution >= 4 is 11.9 Å². The first kappa shape index (κ1) is 13.1. The molecule has 0 spiro atoms. The zero-order valence-corrected chi connectivity index (χ0v) is 11.6. The van der Waals surface area contributed by atoms with Crippen LogP contribution in [0.25, 0.3) is 0 Å². The summed E-state index contributed by atoms with van der Waals surface area (Å²) < 4.78 is 10.6. The quantitative estimate of drug-likeness (QED) is 0.461. The Hall–Kier alpha value is -1.88. The van der Waals surface area contributed by atoms with E-state index >= 15 is 0 Å². The minimum absolute atomic E-state index is 0.205. The van der Waals surface area contributed by atoms with Gasteiger partial charge in [-0.05, 0) is 20.0 Å². The zero-order valence-electron chi connectivity index (χ0n) is 11.6. The molecule has 0 bridgehead atoms. The standard InChI is InChI=1S/C15H17NO4/c1-3-19-13(17)15-9-16(2)8-11(15)10-6-4-5-7-12(10)20-14(15)18/h4-7,11H,3,8-9H2,1-2H3/t11-,15-/m1/s1. The van der Waals surface area contributed by atoms with Crippen LogP contribution in [0.5, 0.6) is 5.75 Å². The van der Waals surface area contributed by atoms with E-state index in [-0.39, 0.29) is 12.5 Å². The largest absolute Gasteiger partial charge is 0.465 e. The molecule has 2 aliphatic rings. The maximum absolute atomic E-state index is 12.5. The van der Waals surface area contributed by atoms with Crippen LogP contribution in [-0.2, 0) is 14.3 Å². The lowest BCUT2D eigenvalue weighted by molar-refractivity contribution is -0.168. The van der Waals surface area contributed by atoms with E-state index < -0.39 is 17.4 Å². The number of para-hydroxylation sites is 1. The Kier molecular flexibility index (Phi) is 3.01. The molecule has 2 atom stereocenters. The maximum atomic E-state index is 12.5. The summed E-state index contributed by atoms with van der Waals surface area (Å²) in [4.78, 5) is 26.9. The van der Waals surface area contributed by atoms with E-state index in [0.29, 0.717) is 18.8 Å². The summed E-state index contributed by atoms with van der Waals surface area (Å²) in [6.07, 6.45) is 0. The highest BCUT2D eigenvalue weighted by molar-refractivity contribution is 6.04. The molecule has 0 amide bonds. The van der Waals surface area contributed by atoms with E-state index in [1.807, 2.05) is 30.1 Å². The fourth-order valence-electron chi connectivity index (χ4n) is 3.24. The Bertz CT molecular complexity index is 571. The van der Waals surface area contributed by atoms with E-state index in [9.17, 15) is 9.59 Å². The van der Waals surface area contributed by atoms with Gasteiger partial charge in [-0.25, -0.2) is 0 Å². The lowest BCUT2D eigenvalue weighted by atomic mass is 9.72. The van der Waals surface area contributed by atoms with E-state index in [2.05, 4.69) is 0 Å². The highest BCUT2D eigenvalue weighted by atomic mass is 16.6. The number of hydrogen-bond donors (Lipinski definition) is 0. The minimum atomic E-state index is -1.22. The summed E-state index contributed by atoms with van der Waals surface area (Å²) in [5, 5.41) is 0. The van der Waals surface area contributed by atoms with Gasteiger partial charge in [-0.15, -0.1) is 0 Å². The number of likely N-dealkylation sites (tertiary alicyclic amines) is 1. The van der Waals surface area contributed by atoms with E-state index in [1.165, 1.54) is 0 Å². The smallest absolute Gasteiger partial charge is 0.330 e. The normalized spacial score (nSPS) is 28.5. The lowest BCUT2D eigenvalue weighted by Crippen LogP contribution is -2.50. The third kappa shape index (κ3) is 1.66. The molecule has 5 nitrogen and oxygen atoms in total. The second kappa shape index (κ2) is 4.59. The molecule has 1 saturated heterocycles. The molecule has 0 radical (unpaired) electrons. The van der Waals surface area contributed by atoms with Crippen molar-refractivity contribution in [1.82, 2.24) is 4.90 Å². The summed E-state index contributed by atoms with van der Waals surface area (Å²) >= 11 is 0. The second-order valence-corrected chi connectivity index (χ2v) is 5.37. The van der Waals surface area contributed by atoms with Crippen molar-refractivity contribution in [3.8, 4) is 5.75 Å².